The van der Waals surface area contributed by atoms with Crippen molar-refractivity contribution in [2.75, 3.05) is 7.11 Å². The molecule has 0 amide bonds. The van der Waals surface area contributed by atoms with Crippen LogP contribution in [0.2, 0.25) is 0 Å². The number of nitrogens with two attached hydrogens (primary N) is 1. The molecule has 3 heteroatoms. The second kappa shape index (κ2) is 5.11. The lowest BCUT2D eigenvalue weighted by atomic mass is 9.62. The second-order valence-corrected chi connectivity index (χ2v) is 7.84. The van der Waals surface area contributed by atoms with Gasteiger partial charge in [0.25, 0.3) is 0 Å². The van der Waals surface area contributed by atoms with Gasteiger partial charge < -0.3 is 10.5 Å². The van der Waals surface area contributed by atoms with Gasteiger partial charge in [0.05, 0.1) is 6.10 Å². The van der Waals surface area contributed by atoms with Crippen LogP contribution in [-0.2, 0) is 11.2 Å². The zero-order valence-electron chi connectivity index (χ0n) is 12.5. The summed E-state index contributed by atoms with van der Waals surface area (Å²) in [5, 5.41) is 0. The van der Waals surface area contributed by atoms with E-state index in [-0.39, 0.29) is 11.5 Å². The first kappa shape index (κ1) is 14.6. The van der Waals surface area contributed by atoms with Gasteiger partial charge in [-0.25, -0.2) is 0 Å². The maximum atomic E-state index is 6.67. The van der Waals surface area contributed by atoms with E-state index in [1.165, 1.54) is 24.0 Å². The Morgan fingerprint density at radius 1 is 1.25 bits per heavy atom. The Morgan fingerprint density at radius 2 is 1.90 bits per heavy atom. The van der Waals surface area contributed by atoms with E-state index in [2.05, 4.69) is 48.0 Å². The van der Waals surface area contributed by atoms with Crippen molar-refractivity contribution >= 4 is 15.9 Å². The summed E-state index contributed by atoms with van der Waals surface area (Å²) in [6.45, 7) is 4.63. The van der Waals surface area contributed by atoms with Crippen molar-refractivity contribution in [1.82, 2.24) is 0 Å². The smallest absolute Gasteiger partial charge is 0.0622 e. The fourth-order valence-corrected chi connectivity index (χ4v) is 5.24. The van der Waals surface area contributed by atoms with E-state index in [0.717, 1.165) is 10.9 Å². The minimum absolute atomic E-state index is 0.165. The van der Waals surface area contributed by atoms with Crippen LogP contribution in [0.3, 0.4) is 0 Å². The third-order valence-electron chi connectivity index (χ3n) is 5.50. The van der Waals surface area contributed by atoms with Crippen LogP contribution >= 0.6 is 15.9 Å². The normalized spacial score (nSPS) is 40.0. The molecule has 1 aromatic carbocycles. The SMILES string of the molecule is COC1C(C)CC2(Cc3ccc(Br)cc3C2N)CC1C. The largest absolute Gasteiger partial charge is 0.381 e. The van der Waals surface area contributed by atoms with Crippen LogP contribution in [0, 0.1) is 17.3 Å². The Morgan fingerprint density at radius 3 is 2.50 bits per heavy atom. The Balaban J connectivity index is 1.93. The fourth-order valence-electron chi connectivity index (χ4n) is 4.86. The molecule has 2 aliphatic carbocycles. The number of methoxy groups -OCH3 is 1. The third kappa shape index (κ3) is 2.15. The van der Waals surface area contributed by atoms with Crippen molar-refractivity contribution in [2.24, 2.45) is 23.0 Å². The maximum Gasteiger partial charge on any atom is 0.0622 e. The molecule has 110 valence electrons. The summed E-state index contributed by atoms with van der Waals surface area (Å²) in [5.74, 6) is 1.15. The lowest BCUT2D eigenvalue weighted by Crippen LogP contribution is -2.45. The van der Waals surface area contributed by atoms with E-state index in [4.69, 9.17) is 10.5 Å². The van der Waals surface area contributed by atoms with Crippen LogP contribution in [0.1, 0.15) is 43.9 Å². The lowest BCUT2D eigenvalue weighted by molar-refractivity contribution is -0.0575. The molecular weight excluding hydrogens is 314 g/mol. The Kier molecular flexibility index (Phi) is 3.72. The molecule has 2 N–H and O–H groups in total. The molecule has 2 nitrogen and oxygen atoms in total. The molecule has 1 saturated carbocycles. The molecule has 3 atom stereocenters. The zero-order valence-corrected chi connectivity index (χ0v) is 14.1. The molecule has 1 spiro atoms. The van der Waals surface area contributed by atoms with Crippen LogP contribution < -0.4 is 5.73 Å². The van der Waals surface area contributed by atoms with Gasteiger partial charge in [-0.2, -0.15) is 0 Å². The average molecular weight is 338 g/mol. The Bertz CT molecular complexity index is 504. The average Bonchev–Trinajstić information content (AvgIpc) is 2.63. The van der Waals surface area contributed by atoms with Gasteiger partial charge in [0.2, 0.25) is 0 Å². The maximum absolute atomic E-state index is 6.67. The fraction of sp³-hybridized carbons (Fsp3) is 0.647. The van der Waals surface area contributed by atoms with Crippen LogP contribution in [0.5, 0.6) is 0 Å². The predicted octanol–water partition coefficient (Wildman–Crippen LogP) is 4.07. The van der Waals surface area contributed by atoms with E-state index in [1.54, 1.807) is 0 Å². The quantitative estimate of drug-likeness (QED) is 0.838. The number of benzene rings is 1. The molecular formula is C17H24BrNO. The van der Waals surface area contributed by atoms with Crippen molar-refractivity contribution in [3.05, 3.63) is 33.8 Å². The molecule has 0 aliphatic heterocycles. The number of ether oxygens (including phenoxy) is 1. The monoisotopic (exact) mass is 337 g/mol. The third-order valence-corrected chi connectivity index (χ3v) is 5.99. The predicted molar refractivity (Wildman–Crippen MR) is 85.6 cm³/mol. The van der Waals surface area contributed by atoms with Crippen LogP contribution in [0.15, 0.2) is 22.7 Å². The minimum Gasteiger partial charge on any atom is -0.381 e. The number of hydrogen-bond donors (Lipinski definition) is 1. The molecule has 0 radical (unpaired) electrons. The van der Waals surface area contributed by atoms with Crippen molar-refractivity contribution in [1.29, 1.82) is 0 Å². The van der Waals surface area contributed by atoms with Gasteiger partial charge in [-0.3, -0.25) is 0 Å². The second-order valence-electron chi connectivity index (χ2n) is 6.92. The number of fused-ring (bicyclic) bond motifs is 1. The zero-order chi connectivity index (χ0) is 14.5. The minimum atomic E-state index is 0.165. The molecule has 20 heavy (non-hydrogen) atoms. The van der Waals surface area contributed by atoms with Gasteiger partial charge in [0.15, 0.2) is 0 Å². The Labute approximate surface area is 130 Å². The summed E-state index contributed by atoms with van der Waals surface area (Å²) in [6.07, 6.45) is 3.84. The molecule has 0 heterocycles. The molecule has 0 bridgehead atoms. The summed E-state index contributed by atoms with van der Waals surface area (Å²) < 4.78 is 6.84. The lowest BCUT2D eigenvalue weighted by Gasteiger charge is -2.47. The number of hydrogen-bond acceptors (Lipinski definition) is 2. The highest BCUT2D eigenvalue weighted by atomic mass is 79.9. The summed E-state index contributed by atoms with van der Waals surface area (Å²) in [4.78, 5) is 0. The topological polar surface area (TPSA) is 35.2 Å². The van der Waals surface area contributed by atoms with E-state index < -0.39 is 0 Å². The van der Waals surface area contributed by atoms with E-state index in [0.29, 0.717) is 17.9 Å². The van der Waals surface area contributed by atoms with Crippen LogP contribution in [0.25, 0.3) is 0 Å². The molecule has 0 aromatic heterocycles. The summed E-state index contributed by atoms with van der Waals surface area (Å²) >= 11 is 3.57. The van der Waals surface area contributed by atoms with Crippen molar-refractivity contribution < 1.29 is 4.74 Å². The molecule has 3 unspecified atom stereocenters. The highest BCUT2D eigenvalue weighted by Crippen LogP contribution is 2.56. The number of halogens is 1. The van der Waals surface area contributed by atoms with E-state index in [9.17, 15) is 0 Å². The van der Waals surface area contributed by atoms with Gasteiger partial charge in [-0.15, -0.1) is 0 Å². The van der Waals surface area contributed by atoms with Gasteiger partial charge in [0.1, 0.15) is 0 Å². The number of rotatable bonds is 1. The van der Waals surface area contributed by atoms with Gasteiger partial charge in [0, 0.05) is 17.6 Å². The summed E-state index contributed by atoms with van der Waals surface area (Å²) in [7, 11) is 1.84. The first-order valence-corrected chi connectivity index (χ1v) is 8.33. The summed E-state index contributed by atoms with van der Waals surface area (Å²) in [5.41, 5.74) is 9.69. The van der Waals surface area contributed by atoms with E-state index in [1.807, 2.05) is 7.11 Å². The molecule has 3 rings (SSSR count). The summed E-state index contributed by atoms with van der Waals surface area (Å²) in [6, 6.07) is 6.76. The molecule has 1 fully saturated rings. The Hall–Kier alpha value is -0.380. The first-order chi connectivity index (χ1) is 9.47. The molecule has 1 aromatic rings. The van der Waals surface area contributed by atoms with E-state index >= 15 is 0 Å². The highest BCUT2D eigenvalue weighted by Gasteiger charge is 2.50. The van der Waals surface area contributed by atoms with Gasteiger partial charge in [-0.1, -0.05) is 35.8 Å². The highest BCUT2D eigenvalue weighted by molar-refractivity contribution is 9.10. The van der Waals surface area contributed by atoms with Crippen molar-refractivity contribution in [2.45, 2.75) is 45.3 Å². The first-order valence-electron chi connectivity index (χ1n) is 7.53. The van der Waals surface area contributed by atoms with Crippen molar-refractivity contribution in [3.63, 3.8) is 0 Å². The standard InChI is InChI=1S/C17H24BrNO/c1-10-7-17(8-11(2)15(10)20-3)9-12-4-5-13(18)6-14(12)16(17)19/h4-6,10-11,15-16H,7-9,19H2,1-3H3. The molecule has 2 aliphatic rings. The van der Waals surface area contributed by atoms with Crippen LogP contribution in [0.4, 0.5) is 0 Å². The van der Waals surface area contributed by atoms with Crippen LogP contribution in [-0.4, -0.2) is 13.2 Å². The van der Waals surface area contributed by atoms with Gasteiger partial charge >= 0.3 is 0 Å². The van der Waals surface area contributed by atoms with Crippen molar-refractivity contribution in [3.8, 4) is 0 Å². The molecule has 0 saturated heterocycles. The van der Waals surface area contributed by atoms with Gasteiger partial charge in [-0.05, 0) is 59.8 Å².